The number of hydrogen-bond acceptors (Lipinski definition) is 2. The van der Waals surface area contributed by atoms with Crippen molar-refractivity contribution in [2.24, 2.45) is 0 Å². The summed E-state index contributed by atoms with van der Waals surface area (Å²) in [6, 6.07) is 19.5. The number of nitrogens with zero attached hydrogens (tertiary/aromatic N) is 1. The molecule has 4 rings (SSSR count). The van der Waals surface area contributed by atoms with Gasteiger partial charge in [0, 0.05) is 34.2 Å². The number of nitrogens with one attached hydrogen (secondary N) is 1. The van der Waals surface area contributed by atoms with Gasteiger partial charge < -0.3 is 4.98 Å². The third kappa shape index (κ3) is 2.67. The van der Waals surface area contributed by atoms with Gasteiger partial charge >= 0.3 is 0 Å². The monoisotopic (exact) mass is 274 g/mol. The van der Waals surface area contributed by atoms with E-state index in [1.165, 1.54) is 0 Å². The van der Waals surface area contributed by atoms with Crippen LogP contribution in [0.25, 0.3) is 21.8 Å². The minimum atomic E-state index is 0.712. The number of carbonyl (C=O) groups excluding carboxylic acids is 1. The summed E-state index contributed by atoms with van der Waals surface area (Å²) in [4.78, 5) is 17.9. The molecule has 0 atom stereocenters. The molecule has 0 unspecified atom stereocenters. The Bertz CT molecular complexity index is 839. The fourth-order valence-electron chi connectivity index (χ4n) is 2.31. The second-order valence-electron chi connectivity index (χ2n) is 4.58. The Morgan fingerprint density at radius 2 is 1.57 bits per heavy atom. The largest absolute Gasteiger partial charge is 0.354 e. The van der Waals surface area contributed by atoms with E-state index in [-0.39, 0.29) is 0 Å². The molecule has 0 aliphatic rings. The van der Waals surface area contributed by atoms with Crippen molar-refractivity contribution in [3.63, 3.8) is 0 Å². The predicted octanol–water partition coefficient (Wildman–Crippen LogP) is 4.22. The molecular weight excluding hydrogens is 260 g/mol. The van der Waals surface area contributed by atoms with Gasteiger partial charge in [-0.05, 0) is 24.3 Å². The Morgan fingerprint density at radius 1 is 0.810 bits per heavy atom. The highest BCUT2D eigenvalue weighted by atomic mass is 16.1. The number of aromatic nitrogens is 2. The predicted molar refractivity (Wildman–Crippen MR) is 85.4 cm³/mol. The molecule has 0 bridgehead atoms. The lowest BCUT2D eigenvalue weighted by molar-refractivity contribution is 0.112. The second-order valence-corrected chi connectivity index (χ2v) is 4.58. The first-order chi connectivity index (χ1) is 10.4. The summed E-state index contributed by atoms with van der Waals surface area (Å²) < 4.78 is 0. The third-order valence-corrected chi connectivity index (χ3v) is 3.27. The first kappa shape index (κ1) is 13.1. The maximum Gasteiger partial charge on any atom is 0.152 e. The average molecular weight is 274 g/mol. The van der Waals surface area contributed by atoms with Crippen LogP contribution in [0.3, 0.4) is 0 Å². The van der Waals surface area contributed by atoms with Gasteiger partial charge in [0.15, 0.2) is 6.29 Å². The molecule has 0 aliphatic heterocycles. The van der Waals surface area contributed by atoms with Gasteiger partial charge in [-0.15, -0.1) is 0 Å². The average Bonchev–Trinajstić information content (AvgIpc) is 2.96. The summed E-state index contributed by atoms with van der Waals surface area (Å²) in [7, 11) is 0. The van der Waals surface area contributed by atoms with Crippen molar-refractivity contribution in [3.05, 3.63) is 78.6 Å². The number of aromatic amines is 1. The summed E-state index contributed by atoms with van der Waals surface area (Å²) >= 11 is 0. The van der Waals surface area contributed by atoms with E-state index >= 15 is 0 Å². The van der Waals surface area contributed by atoms with E-state index in [4.69, 9.17) is 0 Å². The molecule has 0 saturated heterocycles. The normalized spacial score (nSPS) is 10.1. The number of aldehydes is 1. The number of benzene rings is 2. The van der Waals surface area contributed by atoms with E-state index in [1.54, 1.807) is 12.4 Å². The molecular formula is C18H14N2O. The van der Waals surface area contributed by atoms with Crippen LogP contribution >= 0.6 is 0 Å². The zero-order valence-electron chi connectivity index (χ0n) is 11.4. The number of fused-ring (bicyclic) bond motifs is 3. The molecule has 0 fully saturated rings. The Kier molecular flexibility index (Phi) is 3.74. The summed E-state index contributed by atoms with van der Waals surface area (Å²) in [5.74, 6) is 0. The van der Waals surface area contributed by atoms with Crippen LogP contribution in [0.1, 0.15) is 10.4 Å². The van der Waals surface area contributed by atoms with Crippen molar-refractivity contribution < 1.29 is 4.79 Å². The van der Waals surface area contributed by atoms with Crippen LogP contribution in [0, 0.1) is 0 Å². The Morgan fingerprint density at radius 3 is 2.24 bits per heavy atom. The Hall–Kier alpha value is -2.94. The first-order valence-corrected chi connectivity index (χ1v) is 6.70. The number of carbonyl (C=O) groups is 1. The third-order valence-electron chi connectivity index (χ3n) is 3.27. The van der Waals surface area contributed by atoms with Crippen LogP contribution < -0.4 is 0 Å². The van der Waals surface area contributed by atoms with Crippen molar-refractivity contribution in [1.82, 2.24) is 9.97 Å². The van der Waals surface area contributed by atoms with Gasteiger partial charge in [0.05, 0.1) is 5.52 Å². The highest BCUT2D eigenvalue weighted by Gasteiger charge is 2.05. The summed E-state index contributed by atoms with van der Waals surface area (Å²) in [6.07, 6.45) is 4.39. The lowest BCUT2D eigenvalue weighted by atomic mass is 10.1. The number of pyridine rings is 1. The van der Waals surface area contributed by atoms with Crippen LogP contribution in [0.5, 0.6) is 0 Å². The molecule has 21 heavy (non-hydrogen) atoms. The Balaban J connectivity index is 0.000000186. The number of hydrogen-bond donors (Lipinski definition) is 1. The molecule has 0 aliphatic carbocycles. The summed E-state index contributed by atoms with van der Waals surface area (Å²) in [5, 5.41) is 2.27. The maximum atomic E-state index is 10.9. The molecule has 2 aromatic heterocycles. The topological polar surface area (TPSA) is 45.8 Å². The molecule has 0 radical (unpaired) electrons. The molecule has 0 saturated carbocycles. The van der Waals surface area contributed by atoms with Crippen LogP contribution in [0.4, 0.5) is 0 Å². The Labute approximate surface area is 122 Å². The van der Waals surface area contributed by atoms with Crippen LogP contribution in [-0.4, -0.2) is 16.3 Å². The fraction of sp³-hybridized carbons (Fsp3) is 0. The van der Waals surface area contributed by atoms with E-state index in [9.17, 15) is 4.79 Å². The van der Waals surface area contributed by atoms with Crippen molar-refractivity contribution in [2.45, 2.75) is 0 Å². The molecule has 0 amide bonds. The molecule has 1 N–H and O–H groups in total. The standard InChI is InChI=1S/C13H9NO.C5H5N/c15-8-9-4-3-6-11-10-5-1-2-7-12(10)14-13(9)11;1-2-4-6-5-3-1/h1-8,14H;1-5H. The van der Waals surface area contributed by atoms with Crippen LogP contribution in [0.2, 0.25) is 0 Å². The zero-order valence-corrected chi connectivity index (χ0v) is 11.4. The summed E-state index contributed by atoms with van der Waals surface area (Å²) in [6.45, 7) is 0. The van der Waals surface area contributed by atoms with Crippen molar-refractivity contribution in [2.75, 3.05) is 0 Å². The number of para-hydroxylation sites is 2. The number of H-pyrrole nitrogens is 1. The van der Waals surface area contributed by atoms with Crippen LogP contribution in [0.15, 0.2) is 73.1 Å². The molecule has 2 heterocycles. The molecule has 3 nitrogen and oxygen atoms in total. The minimum absolute atomic E-state index is 0.712. The van der Waals surface area contributed by atoms with Crippen molar-refractivity contribution in [3.8, 4) is 0 Å². The number of rotatable bonds is 1. The SMILES string of the molecule is O=Cc1cccc2c1[nH]c1ccccc12.c1ccncc1. The van der Waals surface area contributed by atoms with E-state index in [0.717, 1.165) is 28.1 Å². The van der Waals surface area contributed by atoms with E-state index in [1.807, 2.05) is 54.6 Å². The van der Waals surface area contributed by atoms with Gasteiger partial charge in [-0.3, -0.25) is 9.78 Å². The zero-order chi connectivity index (χ0) is 14.5. The lowest BCUT2D eigenvalue weighted by Crippen LogP contribution is -1.80. The van der Waals surface area contributed by atoms with Gasteiger partial charge in [0.2, 0.25) is 0 Å². The highest BCUT2D eigenvalue weighted by molar-refractivity contribution is 6.11. The van der Waals surface area contributed by atoms with Gasteiger partial charge in [-0.25, -0.2) is 0 Å². The van der Waals surface area contributed by atoms with Crippen LogP contribution in [-0.2, 0) is 0 Å². The summed E-state index contributed by atoms with van der Waals surface area (Å²) in [5.41, 5.74) is 2.71. The van der Waals surface area contributed by atoms with E-state index in [2.05, 4.69) is 16.0 Å². The van der Waals surface area contributed by atoms with Crippen molar-refractivity contribution in [1.29, 1.82) is 0 Å². The van der Waals surface area contributed by atoms with Gasteiger partial charge in [-0.2, -0.15) is 0 Å². The van der Waals surface area contributed by atoms with E-state index < -0.39 is 0 Å². The maximum absolute atomic E-state index is 10.9. The van der Waals surface area contributed by atoms with Gasteiger partial charge in [-0.1, -0.05) is 36.4 Å². The van der Waals surface area contributed by atoms with Crippen molar-refractivity contribution >= 4 is 28.1 Å². The minimum Gasteiger partial charge on any atom is -0.354 e. The molecule has 3 heteroatoms. The molecule has 2 aromatic carbocycles. The van der Waals surface area contributed by atoms with Gasteiger partial charge in [0.1, 0.15) is 0 Å². The quantitative estimate of drug-likeness (QED) is 0.528. The van der Waals surface area contributed by atoms with Gasteiger partial charge in [0.25, 0.3) is 0 Å². The molecule has 102 valence electrons. The van der Waals surface area contributed by atoms with E-state index in [0.29, 0.717) is 5.56 Å². The second kappa shape index (κ2) is 6.01. The molecule has 4 aromatic rings. The lowest BCUT2D eigenvalue weighted by Gasteiger charge is -1.92. The smallest absolute Gasteiger partial charge is 0.152 e. The molecule has 0 spiro atoms. The first-order valence-electron chi connectivity index (χ1n) is 6.70. The fourth-order valence-corrected chi connectivity index (χ4v) is 2.31. The highest BCUT2D eigenvalue weighted by Crippen LogP contribution is 2.26.